The number of thioether (sulfide) groups is 1. The number of hydrogen-bond donors (Lipinski definition) is 3. The van der Waals surface area contributed by atoms with E-state index in [4.69, 9.17) is 0 Å². The third-order valence-corrected chi connectivity index (χ3v) is 3.20. The Morgan fingerprint density at radius 3 is 2.65 bits per heavy atom. The van der Waals surface area contributed by atoms with Crippen LogP contribution < -0.4 is 10.6 Å². The molecule has 17 heavy (non-hydrogen) atoms. The van der Waals surface area contributed by atoms with Gasteiger partial charge in [-0.1, -0.05) is 13.8 Å². The van der Waals surface area contributed by atoms with Crippen molar-refractivity contribution in [1.82, 2.24) is 10.6 Å². The summed E-state index contributed by atoms with van der Waals surface area (Å²) in [6.45, 7) is 7.45. The molecule has 0 rings (SSSR count). The van der Waals surface area contributed by atoms with E-state index < -0.39 is 5.60 Å². The summed E-state index contributed by atoms with van der Waals surface area (Å²) in [6.07, 6.45) is 2.95. The van der Waals surface area contributed by atoms with Crippen LogP contribution in [0.3, 0.4) is 0 Å². The molecule has 1 atom stereocenters. The number of aliphatic hydroxyl groups is 1. The summed E-state index contributed by atoms with van der Waals surface area (Å²) in [4.78, 5) is 11.4. The van der Waals surface area contributed by atoms with Crippen LogP contribution in [0, 0.1) is 5.92 Å². The van der Waals surface area contributed by atoms with E-state index in [9.17, 15) is 9.90 Å². The molecule has 0 bridgehead atoms. The van der Waals surface area contributed by atoms with Crippen LogP contribution in [0.25, 0.3) is 0 Å². The van der Waals surface area contributed by atoms with Crippen LogP contribution in [0.4, 0.5) is 0 Å². The van der Waals surface area contributed by atoms with Crippen LogP contribution in [0.15, 0.2) is 0 Å². The summed E-state index contributed by atoms with van der Waals surface area (Å²) >= 11 is 1.59. The molecule has 4 nitrogen and oxygen atoms in total. The molecule has 0 aromatic heterocycles. The summed E-state index contributed by atoms with van der Waals surface area (Å²) in [5.74, 6) is 1.26. The Kier molecular flexibility index (Phi) is 8.64. The molecule has 3 N–H and O–H groups in total. The lowest BCUT2D eigenvalue weighted by molar-refractivity contribution is -0.120. The maximum absolute atomic E-state index is 11.4. The van der Waals surface area contributed by atoms with Crippen molar-refractivity contribution in [2.75, 3.05) is 31.6 Å². The quantitative estimate of drug-likeness (QED) is 0.576. The van der Waals surface area contributed by atoms with E-state index in [-0.39, 0.29) is 12.5 Å². The van der Waals surface area contributed by atoms with Crippen LogP contribution >= 0.6 is 11.8 Å². The highest BCUT2D eigenvalue weighted by Crippen LogP contribution is 2.08. The zero-order valence-electron chi connectivity index (χ0n) is 11.4. The minimum atomic E-state index is -0.752. The van der Waals surface area contributed by atoms with E-state index >= 15 is 0 Å². The fraction of sp³-hybridized carbons (Fsp3) is 0.917. The van der Waals surface area contributed by atoms with Gasteiger partial charge in [-0.05, 0) is 25.5 Å². The largest absolute Gasteiger partial charge is 0.388 e. The van der Waals surface area contributed by atoms with E-state index in [0.717, 1.165) is 13.0 Å². The summed E-state index contributed by atoms with van der Waals surface area (Å²) in [6, 6.07) is 0. The number of rotatable bonds is 9. The highest BCUT2D eigenvalue weighted by Gasteiger charge is 2.19. The fourth-order valence-corrected chi connectivity index (χ4v) is 2.09. The first-order chi connectivity index (χ1) is 7.87. The van der Waals surface area contributed by atoms with Crippen molar-refractivity contribution < 1.29 is 9.90 Å². The molecule has 0 heterocycles. The molecule has 0 fully saturated rings. The van der Waals surface area contributed by atoms with Gasteiger partial charge in [0.15, 0.2) is 0 Å². The van der Waals surface area contributed by atoms with Crippen molar-refractivity contribution in [2.24, 2.45) is 5.92 Å². The number of nitrogens with one attached hydrogen (secondary N) is 2. The number of amides is 1. The van der Waals surface area contributed by atoms with Gasteiger partial charge >= 0.3 is 0 Å². The standard InChI is InChI=1S/C12H26N2O2S/c1-10(2)5-6-14-11(15)7-13-8-12(3,16)9-17-4/h10,13,16H,5-9H2,1-4H3,(H,14,15). The van der Waals surface area contributed by atoms with Crippen molar-refractivity contribution in [2.45, 2.75) is 32.8 Å². The normalized spacial score (nSPS) is 14.7. The minimum Gasteiger partial charge on any atom is -0.388 e. The monoisotopic (exact) mass is 262 g/mol. The minimum absolute atomic E-state index is 0.00870. The van der Waals surface area contributed by atoms with Crippen molar-refractivity contribution >= 4 is 17.7 Å². The van der Waals surface area contributed by atoms with E-state index in [0.29, 0.717) is 18.2 Å². The molecule has 0 saturated heterocycles. The van der Waals surface area contributed by atoms with Gasteiger partial charge in [0.25, 0.3) is 0 Å². The molecule has 5 heteroatoms. The van der Waals surface area contributed by atoms with Gasteiger partial charge in [0.2, 0.25) is 5.91 Å². The van der Waals surface area contributed by atoms with Gasteiger partial charge in [0, 0.05) is 18.8 Å². The predicted octanol–water partition coefficient (Wildman–Crippen LogP) is 0.852. The lowest BCUT2D eigenvalue weighted by Crippen LogP contribution is -2.44. The molecule has 102 valence electrons. The molecular formula is C12H26N2O2S. The van der Waals surface area contributed by atoms with Gasteiger partial charge in [0.1, 0.15) is 0 Å². The predicted molar refractivity (Wildman–Crippen MR) is 74.3 cm³/mol. The maximum atomic E-state index is 11.4. The SMILES string of the molecule is CSCC(C)(O)CNCC(=O)NCCC(C)C. The Balaban J connectivity index is 3.57. The number of carbonyl (C=O) groups is 1. The zero-order chi connectivity index (χ0) is 13.3. The topological polar surface area (TPSA) is 61.4 Å². The highest BCUT2D eigenvalue weighted by atomic mass is 32.2. The Bertz CT molecular complexity index is 221. The first-order valence-electron chi connectivity index (χ1n) is 6.06. The zero-order valence-corrected chi connectivity index (χ0v) is 12.2. The highest BCUT2D eigenvalue weighted by molar-refractivity contribution is 7.98. The Labute approximate surface area is 109 Å². The van der Waals surface area contributed by atoms with Crippen molar-refractivity contribution in [1.29, 1.82) is 0 Å². The Morgan fingerprint density at radius 1 is 1.47 bits per heavy atom. The molecule has 0 aromatic carbocycles. The van der Waals surface area contributed by atoms with Crippen LogP contribution in [-0.4, -0.2) is 48.3 Å². The van der Waals surface area contributed by atoms with Crippen LogP contribution in [0.2, 0.25) is 0 Å². The average molecular weight is 262 g/mol. The third kappa shape index (κ3) is 10.6. The summed E-state index contributed by atoms with van der Waals surface area (Å²) in [5.41, 5.74) is -0.752. The molecule has 0 aliphatic carbocycles. The number of hydrogen-bond acceptors (Lipinski definition) is 4. The molecule has 0 aromatic rings. The molecule has 1 unspecified atom stereocenters. The van der Waals surface area contributed by atoms with E-state index in [2.05, 4.69) is 24.5 Å². The summed E-state index contributed by atoms with van der Waals surface area (Å²) in [5, 5.41) is 15.7. The van der Waals surface area contributed by atoms with Crippen LogP contribution in [0.5, 0.6) is 0 Å². The lowest BCUT2D eigenvalue weighted by atomic mass is 10.1. The van der Waals surface area contributed by atoms with Crippen molar-refractivity contribution in [3.05, 3.63) is 0 Å². The Hall–Kier alpha value is -0.260. The lowest BCUT2D eigenvalue weighted by Gasteiger charge is -2.22. The first kappa shape index (κ1) is 16.7. The fourth-order valence-electron chi connectivity index (χ4n) is 1.37. The molecule has 0 aliphatic rings. The van der Waals surface area contributed by atoms with Gasteiger partial charge in [0.05, 0.1) is 12.1 Å². The Morgan fingerprint density at radius 2 is 2.12 bits per heavy atom. The molecular weight excluding hydrogens is 236 g/mol. The molecule has 0 radical (unpaired) electrons. The van der Waals surface area contributed by atoms with Crippen molar-refractivity contribution in [3.63, 3.8) is 0 Å². The second-order valence-electron chi connectivity index (χ2n) is 5.07. The maximum Gasteiger partial charge on any atom is 0.233 e. The summed E-state index contributed by atoms with van der Waals surface area (Å²) < 4.78 is 0. The third-order valence-electron chi connectivity index (χ3n) is 2.29. The van der Waals surface area contributed by atoms with E-state index in [1.807, 2.05) is 6.26 Å². The number of carbonyl (C=O) groups excluding carboxylic acids is 1. The van der Waals surface area contributed by atoms with E-state index in [1.165, 1.54) is 0 Å². The van der Waals surface area contributed by atoms with Crippen LogP contribution in [0.1, 0.15) is 27.2 Å². The van der Waals surface area contributed by atoms with E-state index in [1.54, 1.807) is 18.7 Å². The van der Waals surface area contributed by atoms with Gasteiger partial charge in [-0.25, -0.2) is 0 Å². The summed E-state index contributed by atoms with van der Waals surface area (Å²) in [7, 11) is 0. The second kappa shape index (κ2) is 8.78. The second-order valence-corrected chi connectivity index (χ2v) is 5.93. The van der Waals surface area contributed by atoms with Gasteiger partial charge in [-0.3, -0.25) is 4.79 Å². The van der Waals surface area contributed by atoms with Crippen molar-refractivity contribution in [3.8, 4) is 0 Å². The first-order valence-corrected chi connectivity index (χ1v) is 7.45. The van der Waals surface area contributed by atoms with Gasteiger partial charge < -0.3 is 15.7 Å². The average Bonchev–Trinajstić information content (AvgIpc) is 2.16. The molecule has 1 amide bonds. The van der Waals surface area contributed by atoms with Gasteiger partial charge in [-0.15, -0.1) is 0 Å². The molecule has 0 saturated carbocycles. The smallest absolute Gasteiger partial charge is 0.233 e. The van der Waals surface area contributed by atoms with Gasteiger partial charge in [-0.2, -0.15) is 11.8 Å². The molecule has 0 spiro atoms. The van der Waals surface area contributed by atoms with Crippen LogP contribution in [-0.2, 0) is 4.79 Å². The molecule has 0 aliphatic heterocycles.